The van der Waals surface area contributed by atoms with Crippen molar-refractivity contribution in [3.05, 3.63) is 231 Å². The maximum absolute atomic E-state index is 6.65. The van der Waals surface area contributed by atoms with Crippen LogP contribution in [0, 0.1) is 0 Å². The molecule has 0 N–H and O–H groups in total. The van der Waals surface area contributed by atoms with E-state index < -0.39 is 0 Å². The normalized spacial score (nSPS) is 11.8. The number of furan rings is 1. The summed E-state index contributed by atoms with van der Waals surface area (Å²) in [7, 11) is 0. The van der Waals surface area contributed by atoms with E-state index in [9.17, 15) is 0 Å². The van der Waals surface area contributed by atoms with E-state index in [4.69, 9.17) is 4.42 Å². The lowest BCUT2D eigenvalue weighted by Gasteiger charge is -2.27. The number of rotatable bonds is 6. The Labute approximate surface area is 363 Å². The average molecular weight is 803 g/mol. The Morgan fingerprint density at radius 2 is 0.937 bits per heavy atom. The minimum atomic E-state index is 0.860. The van der Waals surface area contributed by atoms with Gasteiger partial charge in [-0.1, -0.05) is 158 Å². The first-order valence-corrected chi connectivity index (χ1v) is 21.6. The predicted octanol–water partition coefficient (Wildman–Crippen LogP) is 16.9. The zero-order chi connectivity index (χ0) is 41.4. The van der Waals surface area contributed by atoms with Crippen molar-refractivity contribution in [1.29, 1.82) is 0 Å². The quantitative estimate of drug-likeness (QED) is 0.156. The summed E-state index contributed by atoms with van der Waals surface area (Å²) in [5.41, 5.74) is 14.6. The molecule has 3 heteroatoms. The molecular formula is C60H38N2O. The van der Waals surface area contributed by atoms with Gasteiger partial charge in [0, 0.05) is 56.1 Å². The van der Waals surface area contributed by atoms with Gasteiger partial charge in [0.15, 0.2) is 0 Å². The number of fused-ring (bicyclic) bond motifs is 12. The molecule has 3 nitrogen and oxygen atoms in total. The number of hydrogen-bond acceptors (Lipinski definition) is 2. The standard InChI is InChI=1S/C60H38N2O/c1-3-14-39(15-4-1)44-27-32-49-50-34-31-46(38-57(50)63-56(49)37-44)62(54-24-13-19-41-16-7-8-20-47(41)54)45-29-25-40(26-30-45)43-28-33-52-53(36-43)48-21-9-10-22-51(48)59-58(42-17-5-2-6-18-42)55-23-11-12-35-61(55)60(52)59/h1-38H. The minimum Gasteiger partial charge on any atom is -0.456 e. The Bertz CT molecular complexity index is 3890. The van der Waals surface area contributed by atoms with Gasteiger partial charge in [-0.25, -0.2) is 0 Å². The molecule has 0 radical (unpaired) electrons. The number of aromatic nitrogens is 1. The summed E-state index contributed by atoms with van der Waals surface area (Å²) in [5.74, 6) is 0. The second-order valence-corrected chi connectivity index (χ2v) is 16.5. The molecule has 0 aliphatic heterocycles. The van der Waals surface area contributed by atoms with Crippen LogP contribution in [0.15, 0.2) is 235 Å². The van der Waals surface area contributed by atoms with Gasteiger partial charge in [0.05, 0.1) is 16.7 Å². The van der Waals surface area contributed by atoms with E-state index >= 15 is 0 Å². The Morgan fingerprint density at radius 3 is 1.75 bits per heavy atom. The molecule has 13 rings (SSSR count). The van der Waals surface area contributed by atoms with Gasteiger partial charge in [0.1, 0.15) is 11.2 Å². The molecule has 3 heterocycles. The summed E-state index contributed by atoms with van der Waals surface area (Å²) in [6.07, 6.45) is 2.21. The number of anilines is 3. The number of nitrogens with zero attached hydrogens (tertiary/aromatic N) is 2. The fraction of sp³-hybridized carbons (Fsp3) is 0. The minimum absolute atomic E-state index is 0.860. The largest absolute Gasteiger partial charge is 0.456 e. The highest BCUT2D eigenvalue weighted by molar-refractivity contribution is 6.30. The molecule has 0 aliphatic carbocycles. The van der Waals surface area contributed by atoms with E-state index in [1.807, 2.05) is 6.07 Å². The molecule has 3 aromatic heterocycles. The molecule has 0 spiro atoms. The highest BCUT2D eigenvalue weighted by Crippen LogP contribution is 2.46. The molecule has 63 heavy (non-hydrogen) atoms. The Morgan fingerprint density at radius 1 is 0.349 bits per heavy atom. The Hall–Kier alpha value is -8.40. The summed E-state index contributed by atoms with van der Waals surface area (Å²) >= 11 is 0. The molecule has 294 valence electrons. The van der Waals surface area contributed by atoms with Gasteiger partial charge in [0.2, 0.25) is 0 Å². The van der Waals surface area contributed by atoms with Gasteiger partial charge in [-0.15, -0.1) is 0 Å². The molecule has 0 bridgehead atoms. The Kier molecular flexibility index (Phi) is 7.91. The lowest BCUT2D eigenvalue weighted by atomic mass is 9.92. The van der Waals surface area contributed by atoms with Crippen LogP contribution >= 0.6 is 0 Å². The van der Waals surface area contributed by atoms with E-state index in [0.29, 0.717) is 0 Å². The average Bonchev–Trinajstić information content (AvgIpc) is 3.90. The lowest BCUT2D eigenvalue weighted by Crippen LogP contribution is -2.10. The van der Waals surface area contributed by atoms with Crippen molar-refractivity contribution in [2.45, 2.75) is 0 Å². The summed E-state index contributed by atoms with van der Waals surface area (Å²) < 4.78 is 9.04. The van der Waals surface area contributed by atoms with Crippen LogP contribution in [0.2, 0.25) is 0 Å². The van der Waals surface area contributed by atoms with Crippen LogP contribution in [0.4, 0.5) is 17.1 Å². The van der Waals surface area contributed by atoms with Crippen LogP contribution < -0.4 is 4.90 Å². The van der Waals surface area contributed by atoms with Gasteiger partial charge < -0.3 is 13.7 Å². The van der Waals surface area contributed by atoms with Crippen LogP contribution in [-0.4, -0.2) is 4.40 Å². The van der Waals surface area contributed by atoms with E-state index in [-0.39, 0.29) is 0 Å². The van der Waals surface area contributed by atoms with E-state index in [1.54, 1.807) is 0 Å². The monoisotopic (exact) mass is 802 g/mol. The molecule has 0 unspecified atom stereocenters. The van der Waals surface area contributed by atoms with Crippen molar-refractivity contribution in [2.24, 2.45) is 0 Å². The van der Waals surface area contributed by atoms with Crippen LogP contribution in [0.25, 0.3) is 104 Å². The molecule has 10 aromatic carbocycles. The molecule has 0 saturated carbocycles. The van der Waals surface area contributed by atoms with Crippen LogP contribution in [-0.2, 0) is 0 Å². The number of hydrogen-bond donors (Lipinski definition) is 0. The second-order valence-electron chi connectivity index (χ2n) is 16.5. The van der Waals surface area contributed by atoms with Gasteiger partial charge in [-0.3, -0.25) is 0 Å². The molecule has 0 atom stereocenters. The fourth-order valence-corrected chi connectivity index (χ4v) is 10.1. The SMILES string of the molecule is c1ccc(-c2ccc3c(c2)oc2cc(N(c4ccc(-c5ccc6c(c5)c5ccccc5c5c(-c7ccccc7)c7ccccn7c65)cc4)c4cccc5ccccc45)ccc23)cc1. The molecule has 13 aromatic rings. The second kappa shape index (κ2) is 14.1. The summed E-state index contributed by atoms with van der Waals surface area (Å²) in [6.45, 7) is 0. The number of benzene rings is 10. The Balaban J connectivity index is 0.953. The fourth-order valence-electron chi connectivity index (χ4n) is 10.1. The molecule has 0 aliphatic rings. The first kappa shape index (κ1) is 35.4. The van der Waals surface area contributed by atoms with Crippen molar-refractivity contribution >= 4 is 87.7 Å². The summed E-state index contributed by atoms with van der Waals surface area (Å²) in [6, 6.07) is 81.1. The van der Waals surface area contributed by atoms with Crippen LogP contribution in [0.3, 0.4) is 0 Å². The third-order valence-electron chi connectivity index (χ3n) is 13.0. The smallest absolute Gasteiger partial charge is 0.137 e. The van der Waals surface area contributed by atoms with Gasteiger partial charge >= 0.3 is 0 Å². The van der Waals surface area contributed by atoms with E-state index in [2.05, 4.69) is 234 Å². The maximum Gasteiger partial charge on any atom is 0.137 e. The van der Waals surface area contributed by atoms with Gasteiger partial charge in [0.25, 0.3) is 0 Å². The number of pyridine rings is 1. The first-order chi connectivity index (χ1) is 31.2. The summed E-state index contributed by atoms with van der Waals surface area (Å²) in [5, 5.41) is 10.9. The van der Waals surface area contributed by atoms with Crippen molar-refractivity contribution < 1.29 is 4.42 Å². The lowest BCUT2D eigenvalue weighted by molar-refractivity contribution is 0.669. The third-order valence-corrected chi connectivity index (χ3v) is 13.0. The van der Waals surface area contributed by atoms with E-state index in [0.717, 1.165) is 50.1 Å². The van der Waals surface area contributed by atoms with Crippen molar-refractivity contribution in [1.82, 2.24) is 4.40 Å². The predicted molar refractivity (Wildman–Crippen MR) is 266 cm³/mol. The highest BCUT2D eigenvalue weighted by atomic mass is 16.3. The molecule has 0 fully saturated rings. The van der Waals surface area contributed by atoms with Crippen LogP contribution in [0.5, 0.6) is 0 Å². The zero-order valence-corrected chi connectivity index (χ0v) is 34.2. The summed E-state index contributed by atoms with van der Waals surface area (Å²) in [4.78, 5) is 2.36. The maximum atomic E-state index is 6.65. The van der Waals surface area contributed by atoms with Crippen LogP contribution in [0.1, 0.15) is 0 Å². The molecular weight excluding hydrogens is 765 g/mol. The molecule has 0 saturated heterocycles. The zero-order valence-electron chi connectivity index (χ0n) is 34.2. The highest BCUT2D eigenvalue weighted by Gasteiger charge is 2.21. The van der Waals surface area contributed by atoms with Crippen molar-refractivity contribution in [3.63, 3.8) is 0 Å². The topological polar surface area (TPSA) is 20.8 Å². The van der Waals surface area contributed by atoms with E-state index in [1.165, 1.54) is 71.0 Å². The van der Waals surface area contributed by atoms with Crippen molar-refractivity contribution in [2.75, 3.05) is 4.90 Å². The first-order valence-electron chi connectivity index (χ1n) is 21.6. The molecule has 0 amide bonds. The van der Waals surface area contributed by atoms with Crippen molar-refractivity contribution in [3.8, 4) is 33.4 Å². The third kappa shape index (κ3) is 5.60. The van der Waals surface area contributed by atoms with Gasteiger partial charge in [-0.05, 0) is 110 Å². The van der Waals surface area contributed by atoms with Gasteiger partial charge in [-0.2, -0.15) is 0 Å².